The highest BCUT2D eigenvalue weighted by Crippen LogP contribution is 2.11. The van der Waals surface area contributed by atoms with Crippen LogP contribution >= 0.6 is 12.4 Å². The number of carbonyl (C=O) groups is 1. The average molecular weight is 348 g/mol. The van der Waals surface area contributed by atoms with Crippen LogP contribution in [0, 0.1) is 5.92 Å². The van der Waals surface area contributed by atoms with Crippen LogP contribution in [0.2, 0.25) is 0 Å². The Labute approximate surface area is 137 Å². The molecule has 0 aliphatic carbocycles. The summed E-state index contributed by atoms with van der Waals surface area (Å²) in [6, 6.07) is 5.87. The minimum atomic E-state index is -3.64. The lowest BCUT2D eigenvalue weighted by molar-refractivity contribution is 0.0948. The summed E-state index contributed by atoms with van der Waals surface area (Å²) in [5.74, 6) is -0.161. The van der Waals surface area contributed by atoms with Gasteiger partial charge in [-0.3, -0.25) is 4.79 Å². The monoisotopic (exact) mass is 347 g/mol. The van der Waals surface area contributed by atoms with E-state index < -0.39 is 10.0 Å². The van der Waals surface area contributed by atoms with Crippen molar-refractivity contribution in [1.29, 1.82) is 0 Å². The highest BCUT2D eigenvalue weighted by Gasteiger charge is 2.15. The molecule has 1 amide bonds. The molecule has 0 aromatic heterocycles. The number of sulfonamides is 1. The molecule has 22 heavy (non-hydrogen) atoms. The van der Waals surface area contributed by atoms with Crippen molar-refractivity contribution in [2.75, 3.05) is 19.6 Å². The van der Waals surface area contributed by atoms with Crippen molar-refractivity contribution in [3.63, 3.8) is 0 Å². The van der Waals surface area contributed by atoms with Crippen LogP contribution in [-0.4, -0.2) is 34.0 Å². The smallest absolute Gasteiger partial charge is 0.251 e. The quantitative estimate of drug-likeness (QED) is 0.608. The number of halogens is 1. The molecule has 1 rings (SSSR count). The van der Waals surface area contributed by atoms with Crippen molar-refractivity contribution in [1.82, 2.24) is 10.0 Å². The van der Waals surface area contributed by atoms with Gasteiger partial charge < -0.3 is 11.1 Å². The van der Waals surface area contributed by atoms with Gasteiger partial charge in [-0.1, -0.05) is 19.1 Å². The molecule has 124 valence electrons. The van der Waals surface area contributed by atoms with E-state index in [1.165, 1.54) is 24.3 Å². The third-order valence-electron chi connectivity index (χ3n) is 2.84. The second kappa shape index (κ2) is 9.58. The first-order valence-electron chi connectivity index (χ1n) is 6.59. The molecule has 6 nitrogen and oxygen atoms in total. The normalized spacial score (nSPS) is 12.1. The van der Waals surface area contributed by atoms with E-state index >= 15 is 0 Å². The van der Waals surface area contributed by atoms with Gasteiger partial charge in [0.15, 0.2) is 0 Å². The standard InChI is InChI=1S/C14H21N3O3S.ClH/c1-3-7-17-21(19,20)13-6-4-5-12(8-13)14(18)16-10-11(2)9-15;/h3-6,8,11,17H,1,7,9-10,15H2,2H3,(H,16,18);1H. The van der Waals surface area contributed by atoms with Gasteiger partial charge in [-0.05, 0) is 30.7 Å². The molecule has 0 saturated heterocycles. The minimum Gasteiger partial charge on any atom is -0.352 e. The molecule has 0 heterocycles. The Morgan fingerprint density at radius 2 is 2.14 bits per heavy atom. The molecule has 1 aromatic carbocycles. The molecule has 0 bridgehead atoms. The molecule has 1 atom stereocenters. The summed E-state index contributed by atoms with van der Waals surface area (Å²) in [6.07, 6.45) is 1.45. The van der Waals surface area contributed by atoms with Crippen LogP contribution in [0.1, 0.15) is 17.3 Å². The first kappa shape index (κ1) is 20.6. The zero-order valence-electron chi connectivity index (χ0n) is 12.4. The van der Waals surface area contributed by atoms with Gasteiger partial charge in [0.2, 0.25) is 10.0 Å². The number of benzene rings is 1. The van der Waals surface area contributed by atoms with Crippen LogP contribution in [0.3, 0.4) is 0 Å². The Kier molecular flexibility index (Phi) is 8.96. The number of carbonyl (C=O) groups excluding carboxylic acids is 1. The molecule has 0 radical (unpaired) electrons. The highest BCUT2D eigenvalue weighted by molar-refractivity contribution is 7.89. The lowest BCUT2D eigenvalue weighted by Gasteiger charge is -2.11. The summed E-state index contributed by atoms with van der Waals surface area (Å²) in [7, 11) is -3.64. The molecule has 0 spiro atoms. The number of hydrogen-bond donors (Lipinski definition) is 3. The Balaban J connectivity index is 0.00000441. The van der Waals surface area contributed by atoms with Gasteiger partial charge >= 0.3 is 0 Å². The highest BCUT2D eigenvalue weighted by atomic mass is 35.5. The van der Waals surface area contributed by atoms with Crippen molar-refractivity contribution in [2.24, 2.45) is 11.7 Å². The molecular weight excluding hydrogens is 326 g/mol. The van der Waals surface area contributed by atoms with E-state index in [0.717, 1.165) is 0 Å². The number of nitrogens with two attached hydrogens (primary N) is 1. The average Bonchev–Trinajstić information content (AvgIpc) is 2.50. The Morgan fingerprint density at radius 1 is 1.45 bits per heavy atom. The summed E-state index contributed by atoms with van der Waals surface area (Å²) in [4.78, 5) is 12.0. The first-order valence-corrected chi connectivity index (χ1v) is 8.08. The Morgan fingerprint density at radius 3 is 2.73 bits per heavy atom. The van der Waals surface area contributed by atoms with Gasteiger partial charge in [-0.25, -0.2) is 13.1 Å². The molecule has 0 aliphatic rings. The summed E-state index contributed by atoms with van der Waals surface area (Å²) in [5, 5.41) is 2.72. The van der Waals surface area contributed by atoms with Gasteiger partial charge in [-0.2, -0.15) is 0 Å². The topological polar surface area (TPSA) is 101 Å². The Hall–Kier alpha value is -1.41. The van der Waals surface area contributed by atoms with Crippen LogP contribution in [0.15, 0.2) is 41.8 Å². The molecule has 8 heteroatoms. The molecule has 1 aromatic rings. The fraction of sp³-hybridized carbons (Fsp3) is 0.357. The summed E-state index contributed by atoms with van der Waals surface area (Å²) in [5.41, 5.74) is 5.77. The number of hydrogen-bond acceptors (Lipinski definition) is 4. The van der Waals surface area contributed by atoms with E-state index in [9.17, 15) is 13.2 Å². The molecule has 1 unspecified atom stereocenters. The van der Waals surface area contributed by atoms with Crippen LogP contribution in [-0.2, 0) is 10.0 Å². The third-order valence-corrected chi connectivity index (χ3v) is 4.26. The molecular formula is C14H22ClN3O3S. The van der Waals surface area contributed by atoms with Crippen molar-refractivity contribution in [3.05, 3.63) is 42.5 Å². The second-order valence-corrected chi connectivity index (χ2v) is 6.49. The molecule has 0 saturated carbocycles. The van der Waals surface area contributed by atoms with Crippen LogP contribution in [0.4, 0.5) is 0 Å². The lowest BCUT2D eigenvalue weighted by Crippen LogP contribution is -2.31. The fourth-order valence-electron chi connectivity index (χ4n) is 1.51. The zero-order valence-corrected chi connectivity index (χ0v) is 14.0. The van der Waals surface area contributed by atoms with E-state index in [1.807, 2.05) is 6.92 Å². The maximum Gasteiger partial charge on any atom is 0.251 e. The van der Waals surface area contributed by atoms with E-state index in [2.05, 4.69) is 16.6 Å². The van der Waals surface area contributed by atoms with Gasteiger partial charge in [0, 0.05) is 18.7 Å². The number of nitrogens with one attached hydrogen (secondary N) is 2. The van der Waals surface area contributed by atoms with Crippen molar-refractivity contribution in [2.45, 2.75) is 11.8 Å². The molecule has 0 aliphatic heterocycles. The minimum absolute atomic E-state index is 0. The maximum absolute atomic E-state index is 12.0. The maximum atomic E-state index is 12.0. The van der Waals surface area contributed by atoms with Gasteiger partial charge in [0.1, 0.15) is 0 Å². The first-order chi connectivity index (χ1) is 9.90. The van der Waals surface area contributed by atoms with Crippen LogP contribution in [0.25, 0.3) is 0 Å². The predicted molar refractivity (Wildman–Crippen MR) is 89.6 cm³/mol. The van der Waals surface area contributed by atoms with Crippen molar-refractivity contribution < 1.29 is 13.2 Å². The molecule has 0 fully saturated rings. The van der Waals surface area contributed by atoms with Crippen molar-refractivity contribution >= 4 is 28.3 Å². The zero-order chi connectivity index (χ0) is 15.9. The van der Waals surface area contributed by atoms with E-state index in [-0.39, 0.29) is 35.7 Å². The van der Waals surface area contributed by atoms with E-state index in [0.29, 0.717) is 18.7 Å². The van der Waals surface area contributed by atoms with Gasteiger partial charge in [0.05, 0.1) is 4.90 Å². The van der Waals surface area contributed by atoms with E-state index in [1.54, 1.807) is 6.07 Å². The third kappa shape index (κ3) is 6.15. The van der Waals surface area contributed by atoms with Crippen LogP contribution < -0.4 is 15.8 Å². The number of rotatable bonds is 8. The summed E-state index contributed by atoms with van der Waals surface area (Å²) in [6.45, 7) is 6.42. The Bertz CT molecular complexity index is 605. The van der Waals surface area contributed by atoms with Crippen molar-refractivity contribution in [3.8, 4) is 0 Å². The van der Waals surface area contributed by atoms with Crippen LogP contribution in [0.5, 0.6) is 0 Å². The van der Waals surface area contributed by atoms with Gasteiger partial charge in [-0.15, -0.1) is 19.0 Å². The second-order valence-electron chi connectivity index (χ2n) is 4.72. The summed E-state index contributed by atoms with van der Waals surface area (Å²) >= 11 is 0. The number of amides is 1. The van der Waals surface area contributed by atoms with Gasteiger partial charge in [0.25, 0.3) is 5.91 Å². The summed E-state index contributed by atoms with van der Waals surface area (Å²) < 4.78 is 26.3. The largest absolute Gasteiger partial charge is 0.352 e. The fourth-order valence-corrected chi connectivity index (χ4v) is 2.55. The predicted octanol–water partition coefficient (Wildman–Crippen LogP) is 0.897. The molecule has 4 N–H and O–H groups in total. The lowest BCUT2D eigenvalue weighted by atomic mass is 10.1. The van der Waals surface area contributed by atoms with E-state index in [4.69, 9.17) is 5.73 Å². The SMILES string of the molecule is C=CCNS(=O)(=O)c1cccc(C(=O)NCC(C)CN)c1.Cl.